The Morgan fingerprint density at radius 1 is 1.37 bits per heavy atom. The Kier molecular flexibility index (Phi) is 4.76. The van der Waals surface area contributed by atoms with Crippen molar-refractivity contribution in [1.29, 1.82) is 5.41 Å². The van der Waals surface area contributed by atoms with Crippen molar-refractivity contribution in [2.75, 3.05) is 49.5 Å². The van der Waals surface area contributed by atoms with Crippen molar-refractivity contribution >= 4 is 23.8 Å². The highest BCUT2D eigenvalue weighted by Gasteiger charge is 2.28. The molecule has 0 spiro atoms. The summed E-state index contributed by atoms with van der Waals surface area (Å²) in [7, 11) is 0. The van der Waals surface area contributed by atoms with Gasteiger partial charge in [-0.25, -0.2) is 0 Å². The third-order valence-corrected chi connectivity index (χ3v) is 4.96. The molecule has 9 nitrogen and oxygen atoms in total. The fourth-order valence-corrected chi connectivity index (χ4v) is 3.31. The lowest BCUT2D eigenvalue weighted by atomic mass is 10.1. The molecule has 0 unspecified atom stereocenters. The summed E-state index contributed by atoms with van der Waals surface area (Å²) in [6.45, 7) is 6.44. The Hall–Kier alpha value is -2.94. The largest absolute Gasteiger partial charge is 0.378 e. The Bertz CT molecular complexity index is 838. The van der Waals surface area contributed by atoms with Crippen molar-refractivity contribution in [3.8, 4) is 11.5 Å². The van der Waals surface area contributed by atoms with Crippen LogP contribution in [0.2, 0.25) is 0 Å². The predicted octanol–water partition coefficient (Wildman–Crippen LogP) is 0.786. The number of hydrogen-bond acceptors (Lipinski definition) is 8. The molecule has 0 radical (unpaired) electrons. The molecule has 0 atom stereocenters. The van der Waals surface area contributed by atoms with Gasteiger partial charge >= 0.3 is 0 Å². The fourth-order valence-electron chi connectivity index (χ4n) is 3.31. The molecule has 2 saturated heterocycles. The van der Waals surface area contributed by atoms with Gasteiger partial charge in [0, 0.05) is 69.2 Å². The molecule has 142 valence electrons. The monoisotopic (exact) mass is 369 g/mol. The molecule has 0 saturated carbocycles. The average Bonchev–Trinajstić information content (AvgIpc) is 3.14. The van der Waals surface area contributed by atoms with Crippen LogP contribution < -0.4 is 15.5 Å². The number of nitrogens with zero attached hydrogens (tertiary/aromatic N) is 4. The maximum atomic E-state index is 11.3. The molecule has 3 heterocycles. The van der Waals surface area contributed by atoms with E-state index in [1.165, 1.54) is 6.21 Å². The van der Waals surface area contributed by atoms with Crippen LogP contribution in [0.3, 0.4) is 0 Å². The highest BCUT2D eigenvalue weighted by atomic mass is 16.5. The molecule has 1 aromatic heterocycles. The first-order chi connectivity index (χ1) is 13.1. The number of piperazine rings is 1. The first kappa shape index (κ1) is 17.5. The highest BCUT2D eigenvalue weighted by molar-refractivity contribution is 5.87. The second-order valence-electron chi connectivity index (χ2n) is 6.85. The third-order valence-electron chi connectivity index (χ3n) is 4.96. The van der Waals surface area contributed by atoms with Gasteiger partial charge in [0.2, 0.25) is 5.91 Å². The predicted molar refractivity (Wildman–Crippen MR) is 102 cm³/mol. The number of nitrogens with one attached hydrogen (secondary N) is 3. The molecule has 3 N–H and O–H groups in total. The average molecular weight is 369 g/mol. The van der Waals surface area contributed by atoms with Crippen molar-refractivity contribution in [2.45, 2.75) is 13.0 Å². The topological polar surface area (TPSA) is 110 Å². The van der Waals surface area contributed by atoms with Gasteiger partial charge < -0.3 is 30.4 Å². The minimum absolute atomic E-state index is 0.0837. The van der Waals surface area contributed by atoms with Gasteiger partial charge in [-0.15, -0.1) is 0 Å². The van der Waals surface area contributed by atoms with Gasteiger partial charge in [0.05, 0.1) is 6.04 Å². The van der Waals surface area contributed by atoms with Crippen molar-refractivity contribution in [2.24, 2.45) is 0 Å². The number of rotatable bonds is 5. The quantitative estimate of drug-likeness (QED) is 0.668. The maximum absolute atomic E-state index is 11.3. The van der Waals surface area contributed by atoms with E-state index in [1.54, 1.807) is 11.8 Å². The van der Waals surface area contributed by atoms with E-state index in [4.69, 9.17) is 9.93 Å². The first-order valence-corrected chi connectivity index (χ1v) is 9.10. The van der Waals surface area contributed by atoms with Crippen molar-refractivity contribution in [1.82, 2.24) is 20.4 Å². The number of aromatic nitrogens is 2. The molecule has 1 aromatic carbocycles. The van der Waals surface area contributed by atoms with Gasteiger partial charge in [0.1, 0.15) is 0 Å². The van der Waals surface area contributed by atoms with Gasteiger partial charge in [0.15, 0.2) is 0 Å². The molecular formula is C18H23N7O2. The zero-order valence-corrected chi connectivity index (χ0v) is 15.2. The second kappa shape index (κ2) is 7.36. The molecule has 27 heavy (non-hydrogen) atoms. The van der Waals surface area contributed by atoms with Crippen LogP contribution in [0.4, 0.5) is 11.6 Å². The van der Waals surface area contributed by atoms with E-state index >= 15 is 0 Å². The van der Waals surface area contributed by atoms with Gasteiger partial charge in [0.25, 0.3) is 11.8 Å². The minimum atomic E-state index is 0.0837. The summed E-state index contributed by atoms with van der Waals surface area (Å²) in [5.74, 6) is 1.15. The smallest absolute Gasteiger partial charge is 0.266 e. The summed E-state index contributed by atoms with van der Waals surface area (Å²) in [4.78, 5) is 19.8. The summed E-state index contributed by atoms with van der Waals surface area (Å²) >= 11 is 0. The zero-order chi connectivity index (χ0) is 18.8. The molecule has 2 aromatic rings. The van der Waals surface area contributed by atoms with E-state index in [2.05, 4.69) is 25.7 Å². The van der Waals surface area contributed by atoms with Crippen LogP contribution in [0.5, 0.6) is 0 Å². The lowest BCUT2D eigenvalue weighted by molar-refractivity contribution is -0.132. The first-order valence-electron chi connectivity index (χ1n) is 9.10. The number of likely N-dealkylation sites (tertiary alicyclic amines) is 1. The van der Waals surface area contributed by atoms with E-state index in [0.717, 1.165) is 43.0 Å². The van der Waals surface area contributed by atoms with E-state index in [9.17, 15) is 4.79 Å². The number of amides is 1. The van der Waals surface area contributed by atoms with Gasteiger partial charge in [-0.2, -0.15) is 4.98 Å². The highest BCUT2D eigenvalue weighted by Crippen LogP contribution is 2.27. The SMILES string of the molecule is CC(=O)N1CC(Nc2cc(-c3nc(N4CCNCC4)no3)ccc2C=N)C1. The van der Waals surface area contributed by atoms with Crippen LogP contribution in [-0.2, 0) is 4.79 Å². The number of hydrogen-bond donors (Lipinski definition) is 3. The number of benzene rings is 1. The second-order valence-corrected chi connectivity index (χ2v) is 6.85. The molecule has 2 aliphatic heterocycles. The fraction of sp³-hybridized carbons (Fsp3) is 0.444. The zero-order valence-electron chi connectivity index (χ0n) is 15.2. The normalized spacial score (nSPS) is 17.5. The van der Waals surface area contributed by atoms with E-state index in [0.29, 0.717) is 24.9 Å². The molecule has 0 bridgehead atoms. The van der Waals surface area contributed by atoms with E-state index in [1.807, 2.05) is 18.2 Å². The lowest BCUT2D eigenvalue weighted by Crippen LogP contribution is -2.56. The molecular weight excluding hydrogens is 346 g/mol. The van der Waals surface area contributed by atoms with Crippen LogP contribution in [-0.4, -0.2) is 72.5 Å². The summed E-state index contributed by atoms with van der Waals surface area (Å²) in [6, 6.07) is 5.84. The van der Waals surface area contributed by atoms with E-state index < -0.39 is 0 Å². The summed E-state index contributed by atoms with van der Waals surface area (Å²) in [5.41, 5.74) is 2.42. The number of carbonyl (C=O) groups is 1. The third kappa shape index (κ3) is 3.63. The van der Waals surface area contributed by atoms with E-state index in [-0.39, 0.29) is 11.9 Å². The Labute approximate surface area is 157 Å². The van der Waals surface area contributed by atoms with Gasteiger partial charge in [-0.3, -0.25) is 4.79 Å². The number of carbonyl (C=O) groups excluding carboxylic acids is 1. The minimum Gasteiger partial charge on any atom is -0.378 e. The van der Waals surface area contributed by atoms with Crippen LogP contribution in [0.15, 0.2) is 22.7 Å². The Morgan fingerprint density at radius 3 is 2.85 bits per heavy atom. The lowest BCUT2D eigenvalue weighted by Gasteiger charge is -2.39. The standard InChI is InChI=1S/C18H23N7O2/c1-12(26)25-10-15(11-25)21-16-8-13(2-3-14(16)9-19)17-22-18(23-27-17)24-6-4-20-5-7-24/h2-3,8-9,15,19-21H,4-7,10-11H2,1H3. The summed E-state index contributed by atoms with van der Waals surface area (Å²) < 4.78 is 5.47. The van der Waals surface area contributed by atoms with Gasteiger partial charge in [-0.05, 0) is 17.3 Å². The van der Waals surface area contributed by atoms with Crippen LogP contribution in [0, 0.1) is 5.41 Å². The van der Waals surface area contributed by atoms with Gasteiger partial charge in [-0.1, -0.05) is 6.07 Å². The molecule has 4 rings (SSSR count). The van der Waals surface area contributed by atoms with Crippen LogP contribution in [0.1, 0.15) is 12.5 Å². The molecule has 9 heteroatoms. The molecule has 0 aliphatic carbocycles. The van der Waals surface area contributed by atoms with Crippen LogP contribution >= 0.6 is 0 Å². The molecule has 2 fully saturated rings. The molecule has 2 aliphatic rings. The Morgan fingerprint density at radius 2 is 2.15 bits per heavy atom. The number of anilines is 2. The summed E-state index contributed by atoms with van der Waals surface area (Å²) in [5, 5.41) is 18.4. The van der Waals surface area contributed by atoms with Crippen molar-refractivity contribution in [3.05, 3.63) is 23.8 Å². The Balaban J connectivity index is 1.51. The van der Waals surface area contributed by atoms with Crippen molar-refractivity contribution < 1.29 is 9.32 Å². The summed E-state index contributed by atoms with van der Waals surface area (Å²) in [6.07, 6.45) is 1.31. The molecule has 1 amide bonds. The maximum Gasteiger partial charge on any atom is 0.266 e. The van der Waals surface area contributed by atoms with Crippen molar-refractivity contribution in [3.63, 3.8) is 0 Å². The van der Waals surface area contributed by atoms with Crippen LogP contribution in [0.25, 0.3) is 11.5 Å².